The number of aliphatic hydroxyl groups excluding tert-OH is 1. The number of hydrogen-bond acceptors (Lipinski definition) is 6. The molecule has 0 aliphatic carbocycles. The Balaban J connectivity index is 2.82. The average Bonchev–Trinajstić information content (AvgIpc) is 2.34. The molecule has 0 aromatic heterocycles. The summed E-state index contributed by atoms with van der Waals surface area (Å²) in [6.45, 7) is 13.0. The van der Waals surface area contributed by atoms with E-state index in [1.54, 1.807) is 18.6 Å². The van der Waals surface area contributed by atoms with E-state index < -0.39 is 21.6 Å². The molecule has 1 fully saturated rings. The predicted octanol–water partition coefficient (Wildman–Crippen LogP) is 2.83. The van der Waals surface area contributed by atoms with E-state index in [9.17, 15) is 5.11 Å². The second kappa shape index (κ2) is 7.91. The van der Waals surface area contributed by atoms with Crippen LogP contribution in [0.25, 0.3) is 0 Å². The Morgan fingerprint density at radius 1 is 1.19 bits per heavy atom. The van der Waals surface area contributed by atoms with Crippen LogP contribution < -0.4 is 0 Å². The topological polar surface area (TPSA) is 57.2 Å². The summed E-state index contributed by atoms with van der Waals surface area (Å²) >= 11 is 1.58. The number of hydrogen-bond donors (Lipinski definition) is 1. The summed E-state index contributed by atoms with van der Waals surface area (Å²) in [5.41, 5.74) is 0. The number of ether oxygens (including phenoxy) is 2. The van der Waals surface area contributed by atoms with Gasteiger partial charge >= 0.3 is 0 Å². The zero-order valence-corrected chi connectivity index (χ0v) is 17.0. The quantitative estimate of drug-likeness (QED) is 0.560. The summed E-state index contributed by atoms with van der Waals surface area (Å²) in [5, 5.41) is 9.62. The van der Waals surface area contributed by atoms with E-state index in [0.717, 1.165) is 0 Å². The molecule has 0 saturated carbocycles. The van der Waals surface area contributed by atoms with E-state index >= 15 is 0 Å². The van der Waals surface area contributed by atoms with Crippen LogP contribution in [0.2, 0.25) is 39.3 Å². The monoisotopic (exact) mass is 354 g/mol. The van der Waals surface area contributed by atoms with Gasteiger partial charge in [-0.05, 0) is 31.1 Å². The smallest absolute Gasteiger partial charge is 0.184 e. The van der Waals surface area contributed by atoms with Crippen molar-refractivity contribution in [3.63, 3.8) is 0 Å². The summed E-state index contributed by atoms with van der Waals surface area (Å²) < 4.78 is 23.4. The van der Waals surface area contributed by atoms with Crippen LogP contribution >= 0.6 is 11.5 Å². The molecule has 0 radical (unpaired) electrons. The second-order valence-corrected chi connectivity index (χ2v) is 20.5. The van der Waals surface area contributed by atoms with Crippen molar-refractivity contribution in [3.8, 4) is 0 Å². The lowest BCUT2D eigenvalue weighted by Gasteiger charge is -2.42. The molecule has 1 N–H and O–H groups in total. The fourth-order valence-corrected chi connectivity index (χ4v) is 5.01. The van der Waals surface area contributed by atoms with Gasteiger partial charge in [0.2, 0.25) is 0 Å². The maximum Gasteiger partial charge on any atom is 0.184 e. The predicted molar refractivity (Wildman–Crippen MR) is 91.4 cm³/mol. The highest BCUT2D eigenvalue weighted by Crippen LogP contribution is 2.32. The molecule has 4 atom stereocenters. The van der Waals surface area contributed by atoms with E-state index in [1.807, 2.05) is 0 Å². The van der Waals surface area contributed by atoms with E-state index in [4.69, 9.17) is 18.1 Å². The largest absolute Gasteiger partial charge is 0.409 e. The second-order valence-electron chi connectivity index (χ2n) is 7.28. The first kappa shape index (κ1) is 19.6. The summed E-state index contributed by atoms with van der Waals surface area (Å²) in [5.74, 6) is 0. The Morgan fingerprint density at radius 2 is 1.81 bits per heavy atom. The number of methoxy groups -OCH3 is 1. The number of aliphatic hydroxyl groups is 1. The molecule has 0 amide bonds. The Labute approximate surface area is 134 Å². The van der Waals surface area contributed by atoms with Crippen LogP contribution in [-0.2, 0) is 18.1 Å². The van der Waals surface area contributed by atoms with Crippen molar-refractivity contribution in [1.82, 2.24) is 0 Å². The van der Waals surface area contributed by atoms with Gasteiger partial charge in [-0.15, -0.1) is 0 Å². The minimum absolute atomic E-state index is 0.0908. The molecule has 0 aromatic carbocycles. The molecule has 0 aromatic rings. The highest BCUT2D eigenvalue weighted by atomic mass is 32.4. The average molecular weight is 355 g/mol. The van der Waals surface area contributed by atoms with Gasteiger partial charge in [0, 0.05) is 13.5 Å². The fourth-order valence-electron chi connectivity index (χ4n) is 2.05. The molecule has 21 heavy (non-hydrogen) atoms. The fraction of sp³-hybridized carbons (Fsp3) is 1.00. The molecule has 1 unspecified atom stereocenters. The molecular weight excluding hydrogens is 324 g/mol. The van der Waals surface area contributed by atoms with Gasteiger partial charge in [-0.25, -0.2) is 0 Å². The Bertz CT molecular complexity index is 319. The molecule has 8 heteroatoms. The number of rotatable bonds is 7. The van der Waals surface area contributed by atoms with Crippen LogP contribution in [0.4, 0.5) is 0 Å². The zero-order valence-electron chi connectivity index (χ0n) is 14.2. The van der Waals surface area contributed by atoms with Crippen LogP contribution in [0.3, 0.4) is 0 Å². The molecular formula is C13H30O5SSi2. The minimum Gasteiger partial charge on any atom is -0.409 e. The van der Waals surface area contributed by atoms with Crippen molar-refractivity contribution in [2.75, 3.05) is 13.7 Å². The molecule has 1 saturated heterocycles. The van der Waals surface area contributed by atoms with Gasteiger partial charge in [-0.1, -0.05) is 19.6 Å². The van der Waals surface area contributed by atoms with Gasteiger partial charge in [0.25, 0.3) is 0 Å². The van der Waals surface area contributed by atoms with Gasteiger partial charge < -0.3 is 23.2 Å². The van der Waals surface area contributed by atoms with Crippen molar-refractivity contribution in [3.05, 3.63) is 0 Å². The molecule has 0 spiro atoms. The first-order chi connectivity index (χ1) is 9.55. The van der Waals surface area contributed by atoms with Crippen molar-refractivity contribution >= 4 is 27.0 Å². The zero-order chi connectivity index (χ0) is 16.3. The first-order valence-electron chi connectivity index (χ1n) is 7.37. The molecule has 1 heterocycles. The van der Waals surface area contributed by atoms with Gasteiger partial charge in [0.05, 0.1) is 6.61 Å². The van der Waals surface area contributed by atoms with Gasteiger partial charge in [-0.2, -0.15) is 0 Å². The highest BCUT2D eigenvalue weighted by molar-refractivity contribution is 8.25. The van der Waals surface area contributed by atoms with Crippen LogP contribution in [0.15, 0.2) is 0 Å². The summed E-state index contributed by atoms with van der Waals surface area (Å²) in [6, 6.07) is 0. The van der Waals surface area contributed by atoms with Crippen molar-refractivity contribution in [2.24, 2.45) is 0 Å². The summed E-state index contributed by atoms with van der Waals surface area (Å²) in [4.78, 5) is 0. The molecule has 1 aliphatic heterocycles. The molecule has 126 valence electrons. The van der Waals surface area contributed by atoms with Gasteiger partial charge in [0.1, 0.15) is 25.5 Å². The third kappa shape index (κ3) is 7.13. The molecule has 5 nitrogen and oxygen atoms in total. The minimum atomic E-state index is -1.76. The lowest BCUT2D eigenvalue weighted by Crippen LogP contribution is -2.55. The van der Waals surface area contributed by atoms with E-state index in [2.05, 4.69) is 39.3 Å². The molecule has 1 rings (SSSR count). The standard InChI is InChI=1S/C13H30O5SSi2/c1-15-12-8-10(17-19-21(5,6)7)13(11(9-14)16-12)18-20(2,3)4/h10-14H,8-9H2,1-7H3/t10-,11?,12-,13+/m0/s1. The highest BCUT2D eigenvalue weighted by Gasteiger charge is 2.43. The van der Waals surface area contributed by atoms with Crippen molar-refractivity contribution < 1.29 is 23.2 Å². The van der Waals surface area contributed by atoms with Gasteiger partial charge in [-0.3, -0.25) is 0 Å². The molecule has 1 aliphatic rings. The van der Waals surface area contributed by atoms with Crippen LogP contribution in [0.5, 0.6) is 0 Å². The summed E-state index contributed by atoms with van der Waals surface area (Å²) in [6.07, 6.45) is -0.487. The maximum absolute atomic E-state index is 9.62. The maximum atomic E-state index is 9.62. The van der Waals surface area contributed by atoms with Crippen molar-refractivity contribution in [1.29, 1.82) is 0 Å². The third-order valence-electron chi connectivity index (χ3n) is 2.84. The van der Waals surface area contributed by atoms with Crippen LogP contribution in [0.1, 0.15) is 6.42 Å². The Morgan fingerprint density at radius 3 is 2.24 bits per heavy atom. The van der Waals surface area contributed by atoms with E-state index in [-0.39, 0.29) is 25.1 Å². The summed E-state index contributed by atoms with van der Waals surface area (Å²) in [7, 11) is -1.54. The lowest BCUT2D eigenvalue weighted by atomic mass is 10.0. The SMILES string of the molecule is CO[C@@H]1C[C@H](OS[Si](C)(C)C)[C@@H](O[Si](C)(C)C)C(CO)O1. The van der Waals surface area contributed by atoms with Crippen molar-refractivity contribution in [2.45, 2.75) is 70.3 Å². The van der Waals surface area contributed by atoms with Crippen LogP contribution in [0, 0.1) is 0 Å². The Kier molecular flexibility index (Phi) is 7.40. The van der Waals surface area contributed by atoms with E-state index in [1.165, 1.54) is 0 Å². The Hall–Kier alpha value is 0.584. The normalized spacial score (nSPS) is 31.4. The van der Waals surface area contributed by atoms with E-state index in [0.29, 0.717) is 6.42 Å². The lowest BCUT2D eigenvalue weighted by molar-refractivity contribution is -0.239. The van der Waals surface area contributed by atoms with Crippen LogP contribution in [-0.4, -0.2) is 59.0 Å². The van der Waals surface area contributed by atoms with Gasteiger partial charge in [0.15, 0.2) is 14.6 Å². The first-order valence-corrected chi connectivity index (χ1v) is 15.7. The third-order valence-corrected chi connectivity index (χ3v) is 6.45. The molecule has 0 bridgehead atoms.